The van der Waals surface area contributed by atoms with Crippen LogP contribution in [0.3, 0.4) is 0 Å². The number of alkyl carbamates (subject to hydrolysis) is 1. The molecule has 6 heteroatoms. The van der Waals surface area contributed by atoms with E-state index in [9.17, 15) is 14.3 Å². The van der Waals surface area contributed by atoms with Crippen molar-refractivity contribution >= 4 is 6.09 Å². The van der Waals surface area contributed by atoms with Crippen molar-refractivity contribution in [3.05, 3.63) is 29.6 Å². The SMILES string of the molecule is CC(C)(C)OC(=O)NCCCNCc1cc(O)cc(F)c1. The molecule has 0 aliphatic rings. The molecule has 21 heavy (non-hydrogen) atoms. The van der Waals surface area contributed by atoms with Crippen molar-refractivity contribution in [3.8, 4) is 5.75 Å². The molecular formula is C15H23FN2O3. The minimum Gasteiger partial charge on any atom is -0.508 e. The molecule has 0 aromatic heterocycles. The third-order valence-corrected chi connectivity index (χ3v) is 2.47. The summed E-state index contributed by atoms with van der Waals surface area (Å²) in [6, 6.07) is 3.94. The van der Waals surface area contributed by atoms with Crippen LogP contribution in [0, 0.1) is 5.82 Å². The van der Waals surface area contributed by atoms with Crippen LogP contribution in [0.4, 0.5) is 9.18 Å². The van der Waals surface area contributed by atoms with Crippen LogP contribution >= 0.6 is 0 Å². The van der Waals surface area contributed by atoms with Gasteiger partial charge < -0.3 is 20.5 Å². The first-order chi connectivity index (χ1) is 9.76. The van der Waals surface area contributed by atoms with Crippen LogP contribution in [0.1, 0.15) is 32.8 Å². The fourth-order valence-corrected chi connectivity index (χ4v) is 1.69. The van der Waals surface area contributed by atoms with E-state index in [4.69, 9.17) is 4.74 Å². The maximum absolute atomic E-state index is 13.0. The predicted molar refractivity (Wildman–Crippen MR) is 78.6 cm³/mol. The lowest BCUT2D eigenvalue weighted by Gasteiger charge is -2.19. The van der Waals surface area contributed by atoms with Gasteiger partial charge in [-0.25, -0.2) is 9.18 Å². The minimum absolute atomic E-state index is 0.0848. The Morgan fingerprint density at radius 2 is 2.00 bits per heavy atom. The molecule has 0 unspecified atom stereocenters. The van der Waals surface area contributed by atoms with Gasteiger partial charge in [0.2, 0.25) is 0 Å². The third kappa shape index (κ3) is 8.14. The molecule has 0 saturated carbocycles. The summed E-state index contributed by atoms with van der Waals surface area (Å²) in [6.45, 7) is 7.04. The van der Waals surface area contributed by atoms with Gasteiger partial charge in [-0.3, -0.25) is 0 Å². The average molecular weight is 298 g/mol. The first-order valence-corrected chi connectivity index (χ1v) is 6.92. The summed E-state index contributed by atoms with van der Waals surface area (Å²) < 4.78 is 18.1. The van der Waals surface area contributed by atoms with Gasteiger partial charge in [0.15, 0.2) is 0 Å². The summed E-state index contributed by atoms with van der Waals surface area (Å²) in [7, 11) is 0. The van der Waals surface area contributed by atoms with Crippen LogP contribution in [0.5, 0.6) is 5.75 Å². The van der Waals surface area contributed by atoms with Gasteiger partial charge in [-0.05, 0) is 51.4 Å². The maximum Gasteiger partial charge on any atom is 0.407 e. The number of rotatable bonds is 6. The molecule has 0 atom stereocenters. The Morgan fingerprint density at radius 3 is 2.62 bits per heavy atom. The van der Waals surface area contributed by atoms with E-state index in [2.05, 4.69) is 10.6 Å². The predicted octanol–water partition coefficient (Wildman–Crippen LogP) is 2.54. The van der Waals surface area contributed by atoms with Crippen molar-refractivity contribution in [1.29, 1.82) is 0 Å². The molecule has 1 amide bonds. The molecule has 0 fully saturated rings. The Labute approximate surface area is 124 Å². The van der Waals surface area contributed by atoms with Crippen LogP contribution in [-0.4, -0.2) is 29.9 Å². The minimum atomic E-state index is -0.498. The Kier molecular flexibility index (Phi) is 6.42. The molecule has 0 saturated heterocycles. The second-order valence-electron chi connectivity index (χ2n) is 5.78. The van der Waals surface area contributed by atoms with Crippen molar-refractivity contribution in [2.24, 2.45) is 0 Å². The van der Waals surface area contributed by atoms with Crippen LogP contribution < -0.4 is 10.6 Å². The fourth-order valence-electron chi connectivity index (χ4n) is 1.69. The fraction of sp³-hybridized carbons (Fsp3) is 0.533. The lowest BCUT2D eigenvalue weighted by Crippen LogP contribution is -2.33. The number of ether oxygens (including phenoxy) is 1. The molecule has 118 valence electrons. The number of nitrogens with one attached hydrogen (secondary N) is 2. The monoisotopic (exact) mass is 298 g/mol. The van der Waals surface area contributed by atoms with Gasteiger partial charge in [0.1, 0.15) is 17.2 Å². The number of phenols is 1. The molecule has 3 N–H and O–H groups in total. The molecule has 5 nitrogen and oxygen atoms in total. The second-order valence-corrected chi connectivity index (χ2v) is 5.78. The number of carbonyl (C=O) groups excluding carboxylic acids is 1. The van der Waals surface area contributed by atoms with Crippen molar-refractivity contribution in [2.45, 2.75) is 39.3 Å². The van der Waals surface area contributed by atoms with Crippen LogP contribution in [0.25, 0.3) is 0 Å². The normalized spacial score (nSPS) is 11.2. The molecule has 0 spiro atoms. The van der Waals surface area contributed by atoms with Gasteiger partial charge in [-0.15, -0.1) is 0 Å². The van der Waals surface area contributed by atoms with Gasteiger partial charge in [0.25, 0.3) is 0 Å². The van der Waals surface area contributed by atoms with Crippen LogP contribution in [0.15, 0.2) is 18.2 Å². The first kappa shape index (κ1) is 17.2. The molecule has 1 rings (SSSR count). The Hall–Kier alpha value is -1.82. The summed E-state index contributed by atoms with van der Waals surface area (Å²) >= 11 is 0. The van der Waals surface area contributed by atoms with E-state index >= 15 is 0 Å². The number of carbonyl (C=O) groups is 1. The molecule has 1 aromatic rings. The summed E-state index contributed by atoms with van der Waals surface area (Å²) in [5.74, 6) is -0.545. The van der Waals surface area contributed by atoms with E-state index < -0.39 is 17.5 Å². The number of aromatic hydroxyl groups is 1. The van der Waals surface area contributed by atoms with E-state index in [1.54, 1.807) is 0 Å². The van der Waals surface area contributed by atoms with Crippen molar-refractivity contribution in [2.75, 3.05) is 13.1 Å². The summed E-state index contributed by atoms with van der Waals surface area (Å²) in [5.41, 5.74) is 0.175. The highest BCUT2D eigenvalue weighted by atomic mass is 19.1. The highest BCUT2D eigenvalue weighted by molar-refractivity contribution is 5.67. The molecule has 0 heterocycles. The largest absolute Gasteiger partial charge is 0.508 e. The zero-order valence-electron chi connectivity index (χ0n) is 12.7. The topological polar surface area (TPSA) is 70.6 Å². The zero-order valence-corrected chi connectivity index (χ0v) is 12.7. The number of halogens is 1. The number of phenolic OH excluding ortho intramolecular Hbond substituents is 1. The van der Waals surface area contributed by atoms with Gasteiger partial charge >= 0.3 is 6.09 Å². The van der Waals surface area contributed by atoms with Gasteiger partial charge in [-0.2, -0.15) is 0 Å². The summed E-state index contributed by atoms with van der Waals surface area (Å²) in [6.07, 6.45) is 0.290. The zero-order chi connectivity index (χ0) is 15.9. The van der Waals surface area contributed by atoms with Crippen LogP contribution in [-0.2, 0) is 11.3 Å². The lowest BCUT2D eigenvalue weighted by molar-refractivity contribution is 0.0527. The van der Waals surface area contributed by atoms with Crippen molar-refractivity contribution in [3.63, 3.8) is 0 Å². The average Bonchev–Trinajstić information content (AvgIpc) is 2.30. The van der Waals surface area contributed by atoms with E-state index in [0.717, 1.165) is 12.5 Å². The summed E-state index contributed by atoms with van der Waals surface area (Å²) in [5, 5.41) is 15.0. The quantitative estimate of drug-likeness (QED) is 0.706. The molecule has 0 radical (unpaired) electrons. The van der Waals surface area contributed by atoms with Crippen LogP contribution in [0.2, 0.25) is 0 Å². The number of hydrogen-bond donors (Lipinski definition) is 3. The molecule has 0 bridgehead atoms. The Morgan fingerprint density at radius 1 is 1.29 bits per heavy atom. The number of benzene rings is 1. The number of hydrogen-bond acceptors (Lipinski definition) is 4. The van der Waals surface area contributed by atoms with Crippen molar-refractivity contribution < 1.29 is 19.0 Å². The molecule has 0 aliphatic heterocycles. The lowest BCUT2D eigenvalue weighted by atomic mass is 10.2. The maximum atomic E-state index is 13.0. The summed E-state index contributed by atoms with van der Waals surface area (Å²) in [4.78, 5) is 11.4. The number of amides is 1. The van der Waals surface area contributed by atoms with Gasteiger partial charge in [-0.1, -0.05) is 0 Å². The molecular weight excluding hydrogens is 275 g/mol. The highest BCUT2D eigenvalue weighted by Gasteiger charge is 2.15. The smallest absolute Gasteiger partial charge is 0.407 e. The van der Waals surface area contributed by atoms with E-state index in [-0.39, 0.29) is 5.75 Å². The standard InChI is InChI=1S/C15H23FN2O3/c1-15(2,3)21-14(20)18-6-4-5-17-10-11-7-12(16)9-13(19)8-11/h7-9,17,19H,4-6,10H2,1-3H3,(H,18,20). The van der Waals surface area contributed by atoms with Gasteiger partial charge in [0, 0.05) is 19.2 Å². The van der Waals surface area contributed by atoms with Gasteiger partial charge in [0.05, 0.1) is 0 Å². The highest BCUT2D eigenvalue weighted by Crippen LogP contribution is 2.14. The first-order valence-electron chi connectivity index (χ1n) is 6.92. The molecule has 0 aliphatic carbocycles. The third-order valence-electron chi connectivity index (χ3n) is 2.47. The van der Waals surface area contributed by atoms with Crippen molar-refractivity contribution in [1.82, 2.24) is 10.6 Å². The van der Waals surface area contributed by atoms with E-state index in [1.807, 2.05) is 20.8 Å². The Balaban J connectivity index is 2.13. The van der Waals surface area contributed by atoms with E-state index in [1.165, 1.54) is 12.1 Å². The molecule has 1 aromatic carbocycles. The van der Waals surface area contributed by atoms with E-state index in [0.29, 0.717) is 25.2 Å². The second kappa shape index (κ2) is 7.83. The Bertz CT molecular complexity index is 452.